The molecule has 4 aliphatic heterocycles. The van der Waals surface area contributed by atoms with Crippen LogP contribution in [0.5, 0.6) is 5.75 Å². The van der Waals surface area contributed by atoms with Crippen LogP contribution in [0.1, 0.15) is 80.3 Å². The lowest BCUT2D eigenvalue weighted by Crippen LogP contribution is -2.63. The van der Waals surface area contributed by atoms with Crippen molar-refractivity contribution in [3.05, 3.63) is 58.1 Å². The number of nitrogens with one attached hydrogen (secondary N) is 1. The Hall–Kier alpha value is -2.41. The lowest BCUT2D eigenvalue weighted by molar-refractivity contribution is -0.140. The number of methoxy groups -OCH3 is 1. The van der Waals surface area contributed by atoms with Crippen molar-refractivity contribution in [2.45, 2.75) is 88.7 Å². The lowest BCUT2D eigenvalue weighted by Gasteiger charge is -2.54. The molecule has 10 nitrogen and oxygen atoms in total. The van der Waals surface area contributed by atoms with Crippen molar-refractivity contribution in [3.63, 3.8) is 0 Å². The zero-order chi connectivity index (χ0) is 36.5. The van der Waals surface area contributed by atoms with Gasteiger partial charge in [-0.1, -0.05) is 31.0 Å². The molecule has 286 valence electrons. The van der Waals surface area contributed by atoms with Crippen LogP contribution in [-0.2, 0) is 32.5 Å². The van der Waals surface area contributed by atoms with Crippen LogP contribution in [0, 0.1) is 17.8 Å². The van der Waals surface area contributed by atoms with E-state index in [0.29, 0.717) is 35.8 Å². The molecular weight excluding hydrogens is 700 g/mol. The van der Waals surface area contributed by atoms with E-state index in [9.17, 15) is 13.2 Å². The van der Waals surface area contributed by atoms with Crippen molar-refractivity contribution < 1.29 is 27.4 Å². The topological polar surface area (TPSA) is 101 Å². The summed E-state index contributed by atoms with van der Waals surface area (Å²) in [5.74, 6) is 0.693. The molecule has 4 heterocycles. The fourth-order valence-corrected chi connectivity index (χ4v) is 10.9. The minimum Gasteiger partial charge on any atom is -0.487 e. The van der Waals surface area contributed by atoms with Gasteiger partial charge in [-0.2, -0.15) is 0 Å². The number of ether oxygens (including phenoxy) is 3. The summed E-state index contributed by atoms with van der Waals surface area (Å²) < 4.78 is 48.9. The molecule has 2 aromatic carbocycles. The zero-order valence-corrected chi connectivity index (χ0v) is 32.7. The van der Waals surface area contributed by atoms with Crippen LogP contribution in [0.25, 0.3) is 0 Å². The second kappa shape index (κ2) is 16.1. The number of nitrogens with zero attached hydrogens (tertiary/aromatic N) is 3. The summed E-state index contributed by atoms with van der Waals surface area (Å²) >= 11 is 6.41. The Bertz CT molecular complexity index is 1690. The summed E-state index contributed by atoms with van der Waals surface area (Å²) in [6.07, 6.45) is 7.50. The van der Waals surface area contributed by atoms with Crippen molar-refractivity contribution in [1.82, 2.24) is 14.5 Å². The van der Waals surface area contributed by atoms with E-state index >= 15 is 0 Å². The van der Waals surface area contributed by atoms with E-state index in [0.717, 1.165) is 127 Å². The third-order valence-corrected chi connectivity index (χ3v) is 15.1. The van der Waals surface area contributed by atoms with Crippen LogP contribution in [0.4, 0.5) is 5.69 Å². The Morgan fingerprint density at radius 2 is 1.85 bits per heavy atom. The van der Waals surface area contributed by atoms with Gasteiger partial charge in [-0.05, 0) is 111 Å². The summed E-state index contributed by atoms with van der Waals surface area (Å²) in [6.45, 7) is 12.2. The summed E-state index contributed by atoms with van der Waals surface area (Å²) in [6, 6.07) is 11.7. The number of halogens is 1. The van der Waals surface area contributed by atoms with E-state index < -0.39 is 21.2 Å². The molecule has 52 heavy (non-hydrogen) atoms. The molecule has 2 bridgehead atoms. The molecule has 3 fully saturated rings. The quantitative estimate of drug-likeness (QED) is 0.420. The number of rotatable bonds is 3. The number of aryl methyl sites for hydroxylation is 1. The average molecular weight is 757 g/mol. The van der Waals surface area contributed by atoms with E-state index in [1.54, 1.807) is 13.0 Å². The van der Waals surface area contributed by atoms with Gasteiger partial charge in [0.15, 0.2) is 0 Å². The van der Waals surface area contributed by atoms with Crippen LogP contribution >= 0.6 is 11.6 Å². The monoisotopic (exact) mass is 756 g/mol. The van der Waals surface area contributed by atoms with Crippen molar-refractivity contribution in [3.8, 4) is 5.75 Å². The summed E-state index contributed by atoms with van der Waals surface area (Å²) in [4.78, 5) is 21.2. The molecule has 2 aromatic rings. The molecule has 0 aromatic heterocycles. The van der Waals surface area contributed by atoms with Gasteiger partial charge in [0.05, 0.1) is 29.8 Å². The molecular formula is C40H57ClN4O6S. The lowest BCUT2D eigenvalue weighted by atomic mass is 9.62. The highest BCUT2D eigenvalue weighted by atomic mass is 35.5. The highest BCUT2D eigenvalue weighted by Crippen LogP contribution is 2.48. The van der Waals surface area contributed by atoms with Gasteiger partial charge >= 0.3 is 0 Å². The van der Waals surface area contributed by atoms with E-state index in [1.165, 1.54) is 5.56 Å². The van der Waals surface area contributed by atoms with E-state index in [4.69, 9.17) is 25.8 Å². The predicted molar refractivity (Wildman–Crippen MR) is 205 cm³/mol. The minimum absolute atomic E-state index is 0.137. The number of carbonyl (C=O) groups is 1. The van der Waals surface area contributed by atoms with Crippen LogP contribution in [0.2, 0.25) is 5.02 Å². The van der Waals surface area contributed by atoms with Crippen LogP contribution in [-0.4, -0.2) is 107 Å². The molecule has 1 N–H and O–H groups in total. The molecule has 1 amide bonds. The number of carbonyl (C=O) groups excluding carboxylic acids is 1. The normalized spacial score (nSPS) is 32.1. The SMILES string of the molecule is CO[C@@]1(CN2CCN3CCOC[C@H]3C2)CCC[C@H](C)[C@@H](C)S(=O)(=O)NC(=O)c2ccc3c(c2)N(CCCCc2cc(Cl)ccc2CO3)C[C@@H]2CC[C@H]21. The number of anilines is 1. The molecule has 0 spiro atoms. The van der Waals surface area contributed by atoms with Gasteiger partial charge < -0.3 is 19.1 Å². The number of morpholine rings is 1. The second-order valence-corrected chi connectivity index (χ2v) is 18.5. The van der Waals surface area contributed by atoms with Gasteiger partial charge in [0.1, 0.15) is 12.4 Å². The maximum absolute atomic E-state index is 13.6. The summed E-state index contributed by atoms with van der Waals surface area (Å²) in [7, 11) is -2.03. The fraction of sp³-hybridized carbons (Fsp3) is 0.675. The Labute approximate surface area is 315 Å². The number of piperazine rings is 1. The highest BCUT2D eigenvalue weighted by Gasteiger charge is 2.50. The number of fused-ring (bicyclic) bond motifs is 4. The van der Waals surface area contributed by atoms with Crippen LogP contribution < -0.4 is 14.4 Å². The minimum atomic E-state index is -3.92. The predicted octanol–water partition coefficient (Wildman–Crippen LogP) is 5.76. The third-order valence-electron chi connectivity index (χ3n) is 13.0. The van der Waals surface area contributed by atoms with Gasteiger partial charge in [-0.3, -0.25) is 14.6 Å². The first kappa shape index (κ1) is 37.9. The first-order valence-electron chi connectivity index (χ1n) is 19.5. The highest BCUT2D eigenvalue weighted by molar-refractivity contribution is 7.90. The van der Waals surface area contributed by atoms with Gasteiger partial charge in [0.2, 0.25) is 10.0 Å². The smallest absolute Gasteiger partial charge is 0.264 e. The fourth-order valence-electron chi connectivity index (χ4n) is 9.42. The number of sulfonamides is 1. The average Bonchev–Trinajstić information content (AvgIpc) is 3.15. The first-order chi connectivity index (χ1) is 25.0. The first-order valence-corrected chi connectivity index (χ1v) is 21.4. The van der Waals surface area contributed by atoms with Crippen LogP contribution in [0.15, 0.2) is 36.4 Å². The molecule has 5 aliphatic rings. The standard InChI is InChI=1S/C40H57ClN4O6S/c1-28-7-6-15-40(49-3,27-43-17-18-44-19-20-50-26-35(44)24-43)36-13-10-32(36)23-45-16-5-4-8-30-21-34(41)12-9-33(30)25-51-38-14-11-31(22-37(38)45)39(46)42-52(47,48)29(28)2/h9,11-12,14,21-22,28-29,32,35-36H,4-8,10,13,15-20,23-27H2,1-3H3,(H,42,46)/t28-,29+,32-,35+,36+,40+/m0/s1. The zero-order valence-electron chi connectivity index (χ0n) is 31.2. The molecule has 2 saturated heterocycles. The van der Waals surface area contributed by atoms with E-state index in [-0.39, 0.29) is 11.5 Å². The third kappa shape index (κ3) is 8.15. The Balaban J connectivity index is 1.23. The van der Waals surface area contributed by atoms with Crippen LogP contribution in [0.3, 0.4) is 0 Å². The van der Waals surface area contributed by atoms with Crippen molar-refractivity contribution in [1.29, 1.82) is 0 Å². The Morgan fingerprint density at radius 3 is 2.65 bits per heavy atom. The second-order valence-electron chi connectivity index (χ2n) is 16.1. The summed E-state index contributed by atoms with van der Waals surface area (Å²) in [5, 5.41) is -0.00795. The molecule has 1 saturated carbocycles. The maximum Gasteiger partial charge on any atom is 0.264 e. The van der Waals surface area contributed by atoms with Gasteiger partial charge in [-0.25, -0.2) is 13.1 Å². The number of hydrogen-bond acceptors (Lipinski definition) is 9. The molecule has 12 heteroatoms. The van der Waals surface area contributed by atoms with E-state index in [1.807, 2.05) is 44.4 Å². The number of hydrogen-bond donors (Lipinski definition) is 1. The molecule has 0 radical (unpaired) electrons. The van der Waals surface area contributed by atoms with Crippen molar-refractivity contribution in [2.75, 3.05) is 71.0 Å². The van der Waals surface area contributed by atoms with Crippen molar-refractivity contribution >= 4 is 33.2 Å². The molecule has 6 atom stereocenters. The number of amides is 1. The van der Waals surface area contributed by atoms with E-state index in [2.05, 4.69) is 19.4 Å². The van der Waals surface area contributed by atoms with Gasteiger partial charge in [0, 0.05) is 69.6 Å². The molecule has 0 unspecified atom stereocenters. The Morgan fingerprint density at radius 1 is 0.981 bits per heavy atom. The Kier molecular flexibility index (Phi) is 11.8. The summed E-state index contributed by atoms with van der Waals surface area (Å²) in [5.41, 5.74) is 3.08. The van der Waals surface area contributed by atoms with Gasteiger partial charge in [-0.15, -0.1) is 0 Å². The number of benzene rings is 2. The maximum atomic E-state index is 13.6. The van der Waals surface area contributed by atoms with Gasteiger partial charge in [0.25, 0.3) is 5.91 Å². The molecule has 1 aliphatic carbocycles. The van der Waals surface area contributed by atoms with Crippen molar-refractivity contribution in [2.24, 2.45) is 17.8 Å². The largest absolute Gasteiger partial charge is 0.487 e. The molecule has 7 rings (SSSR count).